The van der Waals surface area contributed by atoms with Crippen molar-refractivity contribution in [2.45, 2.75) is 18.5 Å². The van der Waals surface area contributed by atoms with Gasteiger partial charge in [0.15, 0.2) is 5.11 Å². The number of carbonyl (C=O) groups excluding carboxylic acids is 1. The number of para-hydroxylation sites is 1. The van der Waals surface area contributed by atoms with Gasteiger partial charge in [-0.25, -0.2) is 9.18 Å². The van der Waals surface area contributed by atoms with E-state index in [0.29, 0.717) is 10.8 Å². The van der Waals surface area contributed by atoms with E-state index < -0.39 is 11.8 Å². The minimum Gasteiger partial charge on any atom is -0.478 e. The van der Waals surface area contributed by atoms with Gasteiger partial charge in [-0.05, 0) is 66.8 Å². The van der Waals surface area contributed by atoms with Gasteiger partial charge in [-0.3, -0.25) is 9.78 Å². The van der Waals surface area contributed by atoms with Gasteiger partial charge in [-0.15, -0.1) is 0 Å². The zero-order chi connectivity index (χ0) is 26.6. The van der Waals surface area contributed by atoms with Crippen molar-refractivity contribution in [3.63, 3.8) is 0 Å². The highest BCUT2D eigenvalue weighted by Crippen LogP contribution is 2.39. The van der Waals surface area contributed by atoms with Gasteiger partial charge in [0, 0.05) is 36.7 Å². The Kier molecular flexibility index (Phi) is 7.14. The number of nitrogens with one attached hydrogen (secondary N) is 2. The van der Waals surface area contributed by atoms with E-state index in [9.17, 15) is 19.1 Å². The normalized spacial score (nSPS) is 16.8. The number of pyridine rings is 1. The van der Waals surface area contributed by atoms with Crippen LogP contribution in [0.5, 0.6) is 0 Å². The molecule has 1 saturated heterocycles. The van der Waals surface area contributed by atoms with E-state index in [1.54, 1.807) is 36.5 Å². The fraction of sp³-hybridized carbons (Fsp3) is 0.143. The third kappa shape index (κ3) is 5.12. The highest BCUT2D eigenvalue weighted by molar-refractivity contribution is 7.80. The van der Waals surface area contributed by atoms with Gasteiger partial charge in [-0.1, -0.05) is 24.3 Å². The Morgan fingerprint density at radius 2 is 1.87 bits per heavy atom. The molecule has 0 radical (unpaired) electrons. The second-order valence-corrected chi connectivity index (χ2v) is 9.14. The lowest BCUT2D eigenvalue weighted by molar-refractivity contribution is -0.116. The van der Waals surface area contributed by atoms with Crippen molar-refractivity contribution in [2.75, 3.05) is 11.9 Å². The monoisotopic (exact) mass is 529 g/mol. The Morgan fingerprint density at radius 3 is 2.63 bits per heavy atom. The van der Waals surface area contributed by atoms with Crippen molar-refractivity contribution in [3.05, 3.63) is 114 Å². The van der Waals surface area contributed by atoms with Crippen molar-refractivity contribution in [3.8, 4) is 5.69 Å². The Morgan fingerprint density at radius 1 is 1.05 bits per heavy atom. The van der Waals surface area contributed by atoms with Gasteiger partial charge in [0.05, 0.1) is 29.0 Å². The van der Waals surface area contributed by atoms with Crippen molar-refractivity contribution >= 4 is 34.9 Å². The van der Waals surface area contributed by atoms with Crippen LogP contribution in [-0.2, 0) is 4.79 Å². The number of anilines is 1. The van der Waals surface area contributed by atoms with E-state index in [4.69, 9.17) is 12.2 Å². The van der Waals surface area contributed by atoms with Crippen LogP contribution in [0.4, 0.5) is 10.1 Å². The molecule has 1 aliphatic heterocycles. The van der Waals surface area contributed by atoms with Crippen molar-refractivity contribution in [1.82, 2.24) is 19.8 Å². The Balaban J connectivity index is 1.47. The summed E-state index contributed by atoms with van der Waals surface area (Å²) in [6, 6.07) is 21.4. The van der Waals surface area contributed by atoms with E-state index in [-0.39, 0.29) is 42.2 Å². The van der Waals surface area contributed by atoms with E-state index >= 15 is 0 Å². The lowest BCUT2D eigenvalue weighted by Crippen LogP contribution is -2.33. The summed E-state index contributed by atoms with van der Waals surface area (Å²) in [6.45, 7) is 0.264. The Bertz CT molecular complexity index is 1490. The van der Waals surface area contributed by atoms with Crippen LogP contribution in [0.15, 0.2) is 91.3 Å². The molecule has 0 spiro atoms. The molecule has 3 N–H and O–H groups in total. The van der Waals surface area contributed by atoms with E-state index in [0.717, 1.165) is 11.4 Å². The molecule has 38 heavy (non-hydrogen) atoms. The zero-order valence-corrected chi connectivity index (χ0v) is 20.9. The number of hydrogen-bond acceptors (Lipinski definition) is 4. The molecule has 10 heteroatoms. The minimum absolute atomic E-state index is 0.0663. The first-order valence-electron chi connectivity index (χ1n) is 12.0. The van der Waals surface area contributed by atoms with E-state index in [2.05, 4.69) is 15.6 Å². The van der Waals surface area contributed by atoms with Gasteiger partial charge < -0.3 is 25.2 Å². The number of carboxylic acids is 1. The molecule has 0 saturated carbocycles. The topological polar surface area (TPSA) is 99.5 Å². The summed E-state index contributed by atoms with van der Waals surface area (Å²) in [5, 5.41) is 15.9. The number of amides is 1. The smallest absolute Gasteiger partial charge is 0.335 e. The number of thiocarbonyl (C=S) groups is 1. The van der Waals surface area contributed by atoms with Crippen LogP contribution in [0.25, 0.3) is 5.69 Å². The SMILES string of the molecule is O=C(CCN1C(=S)N[C@@H](c2ccccn2)[C@H]1c1cccn1-c1cccc(C(=O)O)c1)Nc1ccccc1F. The second kappa shape index (κ2) is 10.8. The van der Waals surface area contributed by atoms with Crippen LogP contribution < -0.4 is 10.6 Å². The first-order valence-corrected chi connectivity index (χ1v) is 12.4. The zero-order valence-electron chi connectivity index (χ0n) is 20.1. The quantitative estimate of drug-likeness (QED) is 0.284. The summed E-state index contributed by atoms with van der Waals surface area (Å²) in [7, 11) is 0. The molecule has 1 aliphatic rings. The third-order valence-corrected chi connectivity index (χ3v) is 6.73. The number of carbonyl (C=O) groups is 2. The molecule has 0 aliphatic carbocycles. The van der Waals surface area contributed by atoms with Crippen molar-refractivity contribution in [1.29, 1.82) is 0 Å². The van der Waals surface area contributed by atoms with Crippen molar-refractivity contribution < 1.29 is 19.1 Å². The predicted octanol–water partition coefficient (Wildman–Crippen LogP) is 4.71. The molecule has 2 aromatic heterocycles. The first kappa shape index (κ1) is 25.1. The fourth-order valence-corrected chi connectivity index (χ4v) is 4.96. The number of aromatic nitrogens is 2. The number of nitrogens with zero attached hydrogens (tertiary/aromatic N) is 3. The summed E-state index contributed by atoms with van der Waals surface area (Å²) >= 11 is 5.69. The maximum absolute atomic E-state index is 14.0. The maximum atomic E-state index is 14.0. The molecule has 5 rings (SSSR count). The van der Waals surface area contributed by atoms with Gasteiger partial charge in [0.25, 0.3) is 0 Å². The van der Waals surface area contributed by atoms with Crippen molar-refractivity contribution in [2.24, 2.45) is 0 Å². The average molecular weight is 530 g/mol. The lowest BCUT2D eigenvalue weighted by Gasteiger charge is -2.29. The summed E-state index contributed by atoms with van der Waals surface area (Å²) in [4.78, 5) is 30.8. The molecule has 8 nitrogen and oxygen atoms in total. The number of aromatic carboxylic acids is 1. The lowest BCUT2D eigenvalue weighted by atomic mass is 10.0. The summed E-state index contributed by atoms with van der Waals surface area (Å²) in [5.74, 6) is -1.87. The van der Waals surface area contributed by atoms with E-state index in [1.807, 2.05) is 52.1 Å². The van der Waals surface area contributed by atoms with Crippen LogP contribution in [0.3, 0.4) is 0 Å². The minimum atomic E-state index is -1.02. The molecule has 192 valence electrons. The summed E-state index contributed by atoms with van der Waals surface area (Å²) in [6.07, 6.45) is 3.63. The van der Waals surface area contributed by atoms with Crippen LogP contribution in [0.2, 0.25) is 0 Å². The maximum Gasteiger partial charge on any atom is 0.335 e. The molecule has 0 unspecified atom stereocenters. The average Bonchev–Trinajstić information content (AvgIpc) is 3.53. The third-order valence-electron chi connectivity index (χ3n) is 6.38. The Labute approximate surface area is 223 Å². The first-order chi connectivity index (χ1) is 18.4. The Hall–Kier alpha value is -4.57. The molecular formula is C28H24FN5O3S. The number of hydrogen-bond donors (Lipinski definition) is 3. The van der Waals surface area contributed by atoms with Gasteiger partial charge in [0.1, 0.15) is 5.82 Å². The largest absolute Gasteiger partial charge is 0.478 e. The summed E-state index contributed by atoms with van der Waals surface area (Å²) in [5.41, 5.74) is 2.58. The molecule has 1 fully saturated rings. The number of halogens is 1. The van der Waals surface area contributed by atoms with E-state index in [1.165, 1.54) is 12.1 Å². The standard InChI is InChI=1S/C28H24FN5O3S/c29-20-9-1-2-10-21(20)31-24(35)13-16-34-26(25(32-28(34)38)22-11-3-4-14-30-22)23-12-6-15-33(23)19-8-5-7-18(17-19)27(36)37/h1-12,14-15,17,25-26H,13,16H2,(H,31,35)(H,32,38)(H,36,37)/t25-,26+/m0/s1. The molecule has 2 aromatic carbocycles. The molecule has 2 atom stereocenters. The van der Waals surface area contributed by atoms with Gasteiger partial charge in [0.2, 0.25) is 5.91 Å². The second-order valence-electron chi connectivity index (χ2n) is 8.76. The summed E-state index contributed by atoms with van der Waals surface area (Å²) < 4.78 is 15.9. The number of rotatable bonds is 8. The molecular weight excluding hydrogens is 505 g/mol. The highest BCUT2D eigenvalue weighted by atomic mass is 32.1. The van der Waals surface area contributed by atoms with Crippen LogP contribution in [0, 0.1) is 5.82 Å². The number of carboxylic acid groups (broad SMARTS) is 1. The van der Waals surface area contributed by atoms with Crippen LogP contribution in [0.1, 0.15) is 40.3 Å². The molecule has 1 amide bonds. The predicted molar refractivity (Wildman–Crippen MR) is 145 cm³/mol. The molecule has 3 heterocycles. The highest BCUT2D eigenvalue weighted by Gasteiger charge is 2.41. The molecule has 4 aromatic rings. The molecule has 0 bridgehead atoms. The van der Waals surface area contributed by atoms with Gasteiger partial charge in [-0.2, -0.15) is 0 Å². The van der Waals surface area contributed by atoms with Crippen LogP contribution in [-0.4, -0.2) is 43.1 Å². The fourth-order valence-electron chi connectivity index (χ4n) is 4.62. The van der Waals surface area contributed by atoms with Crippen LogP contribution >= 0.6 is 12.2 Å². The van der Waals surface area contributed by atoms with Gasteiger partial charge >= 0.3 is 5.97 Å². The number of benzene rings is 2.